The summed E-state index contributed by atoms with van der Waals surface area (Å²) in [5.74, 6) is -1.10. The van der Waals surface area contributed by atoms with Crippen LogP contribution in [0.15, 0.2) is 24.3 Å². The smallest absolute Gasteiger partial charge is 0.323 e. The highest BCUT2D eigenvalue weighted by molar-refractivity contribution is 7.18. The summed E-state index contributed by atoms with van der Waals surface area (Å²) in [5.41, 5.74) is 0.945. The number of fused-ring (bicyclic) bond motifs is 1. The van der Waals surface area contributed by atoms with Gasteiger partial charge in [-0.1, -0.05) is 19.1 Å². The number of amides is 1. The number of benzene rings is 1. The number of carboxylic acids is 1. The highest BCUT2D eigenvalue weighted by atomic mass is 32.1. The van der Waals surface area contributed by atoms with Gasteiger partial charge in [0.05, 0.1) is 15.2 Å². The lowest BCUT2D eigenvalue weighted by atomic mass is 10.2. The van der Waals surface area contributed by atoms with Crippen molar-refractivity contribution in [2.24, 2.45) is 0 Å². The van der Waals surface area contributed by atoms with Gasteiger partial charge in [-0.2, -0.15) is 0 Å². The topological polar surface area (TPSA) is 70.5 Å². The maximum atomic E-state index is 12.1. The van der Waals surface area contributed by atoms with E-state index < -0.39 is 5.97 Å². The SMILES string of the molecule is CCCN(CC(=O)O)C(=O)CCc1nc2ccccc2s1. The van der Waals surface area contributed by atoms with Gasteiger partial charge in [0.25, 0.3) is 0 Å². The number of thiazole rings is 1. The highest BCUT2D eigenvalue weighted by Gasteiger charge is 2.16. The zero-order valence-corrected chi connectivity index (χ0v) is 12.7. The van der Waals surface area contributed by atoms with Gasteiger partial charge in [0, 0.05) is 19.4 Å². The second-order valence-electron chi connectivity index (χ2n) is 4.78. The van der Waals surface area contributed by atoms with Gasteiger partial charge in [-0.05, 0) is 18.6 Å². The van der Waals surface area contributed by atoms with Crippen LogP contribution in [0.25, 0.3) is 10.2 Å². The zero-order chi connectivity index (χ0) is 15.2. The van der Waals surface area contributed by atoms with Gasteiger partial charge in [0.1, 0.15) is 6.54 Å². The van der Waals surface area contributed by atoms with Crippen molar-refractivity contribution in [2.45, 2.75) is 26.2 Å². The molecule has 0 bridgehead atoms. The highest BCUT2D eigenvalue weighted by Crippen LogP contribution is 2.22. The third-order valence-corrected chi connectivity index (χ3v) is 4.16. The van der Waals surface area contributed by atoms with E-state index in [0.29, 0.717) is 19.4 Å². The van der Waals surface area contributed by atoms with Gasteiger partial charge < -0.3 is 10.0 Å². The summed E-state index contributed by atoms with van der Waals surface area (Å²) >= 11 is 1.58. The predicted molar refractivity (Wildman–Crippen MR) is 82.4 cm³/mol. The fraction of sp³-hybridized carbons (Fsp3) is 0.400. The minimum absolute atomic E-state index is 0.126. The Hall–Kier alpha value is -1.95. The lowest BCUT2D eigenvalue weighted by molar-refractivity contribution is -0.144. The second-order valence-corrected chi connectivity index (χ2v) is 5.90. The van der Waals surface area contributed by atoms with Crippen LogP contribution in [0.1, 0.15) is 24.8 Å². The molecule has 0 aliphatic rings. The van der Waals surface area contributed by atoms with Crippen molar-refractivity contribution in [3.8, 4) is 0 Å². The normalized spacial score (nSPS) is 10.7. The number of carbonyl (C=O) groups is 2. The van der Waals surface area contributed by atoms with Crippen LogP contribution in [0.4, 0.5) is 0 Å². The van der Waals surface area contributed by atoms with E-state index in [1.54, 1.807) is 11.3 Å². The van der Waals surface area contributed by atoms with Gasteiger partial charge in [-0.3, -0.25) is 9.59 Å². The van der Waals surface area contributed by atoms with Gasteiger partial charge in [-0.15, -0.1) is 11.3 Å². The summed E-state index contributed by atoms with van der Waals surface area (Å²) in [4.78, 5) is 28.8. The van der Waals surface area contributed by atoms with Crippen LogP contribution in [0.3, 0.4) is 0 Å². The molecule has 2 aromatic rings. The van der Waals surface area contributed by atoms with Crippen molar-refractivity contribution in [3.63, 3.8) is 0 Å². The molecular weight excluding hydrogens is 288 g/mol. The van der Waals surface area contributed by atoms with Gasteiger partial charge in [0.2, 0.25) is 5.91 Å². The number of aliphatic carboxylic acids is 1. The first-order chi connectivity index (χ1) is 10.1. The van der Waals surface area contributed by atoms with Gasteiger partial charge in [-0.25, -0.2) is 4.98 Å². The summed E-state index contributed by atoms with van der Waals surface area (Å²) in [5, 5.41) is 9.75. The summed E-state index contributed by atoms with van der Waals surface area (Å²) in [6, 6.07) is 7.86. The Labute approximate surface area is 127 Å². The fourth-order valence-corrected chi connectivity index (χ4v) is 3.09. The number of carbonyl (C=O) groups excluding carboxylic acids is 1. The van der Waals surface area contributed by atoms with Crippen molar-refractivity contribution >= 4 is 33.4 Å². The fourth-order valence-electron chi connectivity index (χ4n) is 2.12. The van der Waals surface area contributed by atoms with E-state index in [0.717, 1.165) is 21.6 Å². The minimum atomic E-state index is -0.975. The molecule has 6 heteroatoms. The van der Waals surface area contributed by atoms with Crippen LogP contribution in [0.2, 0.25) is 0 Å². The van der Waals surface area contributed by atoms with E-state index in [9.17, 15) is 9.59 Å². The molecule has 5 nitrogen and oxygen atoms in total. The minimum Gasteiger partial charge on any atom is -0.480 e. The molecule has 0 saturated carbocycles. The lowest BCUT2D eigenvalue weighted by Gasteiger charge is -2.19. The molecule has 112 valence electrons. The third-order valence-electron chi connectivity index (χ3n) is 3.06. The number of para-hydroxylation sites is 1. The number of nitrogens with zero attached hydrogens (tertiary/aromatic N) is 2. The second kappa shape index (κ2) is 7.17. The van der Waals surface area contributed by atoms with E-state index in [1.807, 2.05) is 31.2 Å². The molecule has 1 N–H and O–H groups in total. The summed E-state index contributed by atoms with van der Waals surface area (Å²) in [7, 11) is 0. The van der Waals surface area contributed by atoms with Crippen molar-refractivity contribution in [1.29, 1.82) is 0 Å². The third kappa shape index (κ3) is 4.26. The first kappa shape index (κ1) is 15.4. The van der Waals surface area contributed by atoms with Crippen LogP contribution in [0, 0.1) is 0 Å². The Morgan fingerprint density at radius 3 is 2.76 bits per heavy atom. The summed E-state index contributed by atoms with van der Waals surface area (Å²) < 4.78 is 1.11. The van der Waals surface area contributed by atoms with E-state index in [1.165, 1.54) is 4.90 Å². The molecule has 0 saturated heterocycles. The molecule has 0 spiro atoms. The zero-order valence-electron chi connectivity index (χ0n) is 11.9. The molecule has 0 unspecified atom stereocenters. The quantitative estimate of drug-likeness (QED) is 0.853. The first-order valence-corrected chi connectivity index (χ1v) is 7.75. The van der Waals surface area contributed by atoms with E-state index in [-0.39, 0.29) is 12.5 Å². The van der Waals surface area contributed by atoms with Crippen molar-refractivity contribution in [2.75, 3.05) is 13.1 Å². The number of hydrogen-bond acceptors (Lipinski definition) is 4. The standard InChI is InChI=1S/C15H18N2O3S/c1-2-9-17(10-15(19)20)14(18)8-7-13-16-11-5-3-4-6-12(11)21-13/h3-6H,2,7-10H2,1H3,(H,19,20). The van der Waals surface area contributed by atoms with Crippen molar-refractivity contribution in [3.05, 3.63) is 29.3 Å². The van der Waals surface area contributed by atoms with Crippen LogP contribution in [-0.4, -0.2) is 40.0 Å². The number of rotatable bonds is 7. The molecule has 0 aliphatic carbocycles. The van der Waals surface area contributed by atoms with Crippen LogP contribution < -0.4 is 0 Å². The number of aryl methyl sites for hydroxylation is 1. The van der Waals surface area contributed by atoms with E-state index >= 15 is 0 Å². The molecule has 1 aromatic heterocycles. The maximum Gasteiger partial charge on any atom is 0.323 e. The summed E-state index contributed by atoms with van der Waals surface area (Å²) in [6.07, 6.45) is 1.60. The Balaban J connectivity index is 1.96. The number of carboxylic acid groups (broad SMARTS) is 1. The Kier molecular flexibility index (Phi) is 5.27. The van der Waals surface area contributed by atoms with Gasteiger partial charge >= 0.3 is 5.97 Å². The van der Waals surface area contributed by atoms with Crippen LogP contribution >= 0.6 is 11.3 Å². The number of hydrogen-bond donors (Lipinski definition) is 1. The molecule has 21 heavy (non-hydrogen) atoms. The predicted octanol–water partition coefficient (Wildman–Crippen LogP) is 2.55. The Morgan fingerprint density at radius 1 is 1.33 bits per heavy atom. The molecule has 0 radical (unpaired) electrons. The molecular formula is C15H18N2O3S. The first-order valence-electron chi connectivity index (χ1n) is 6.94. The molecule has 0 atom stereocenters. The average Bonchev–Trinajstić information content (AvgIpc) is 2.86. The lowest BCUT2D eigenvalue weighted by Crippen LogP contribution is -2.36. The molecule has 1 heterocycles. The Morgan fingerprint density at radius 2 is 2.10 bits per heavy atom. The molecule has 2 rings (SSSR count). The van der Waals surface area contributed by atoms with Crippen molar-refractivity contribution in [1.82, 2.24) is 9.88 Å². The number of aromatic nitrogens is 1. The van der Waals surface area contributed by atoms with Crippen molar-refractivity contribution < 1.29 is 14.7 Å². The largest absolute Gasteiger partial charge is 0.480 e. The molecule has 1 amide bonds. The van der Waals surface area contributed by atoms with Crippen LogP contribution in [0.5, 0.6) is 0 Å². The van der Waals surface area contributed by atoms with Gasteiger partial charge in [0.15, 0.2) is 0 Å². The Bertz CT molecular complexity index is 606. The average molecular weight is 306 g/mol. The summed E-state index contributed by atoms with van der Waals surface area (Å²) in [6.45, 7) is 2.17. The van der Waals surface area contributed by atoms with E-state index in [2.05, 4.69) is 4.98 Å². The molecule has 1 aromatic carbocycles. The monoisotopic (exact) mass is 306 g/mol. The van der Waals surface area contributed by atoms with E-state index in [4.69, 9.17) is 5.11 Å². The molecule has 0 fully saturated rings. The maximum absolute atomic E-state index is 12.1. The molecule has 0 aliphatic heterocycles. The van der Waals surface area contributed by atoms with Crippen LogP contribution in [-0.2, 0) is 16.0 Å².